The molecular weight excluding hydrogens is 224 g/mol. The summed E-state index contributed by atoms with van der Waals surface area (Å²) < 4.78 is 5.79. The summed E-state index contributed by atoms with van der Waals surface area (Å²) in [6.45, 7) is 0.559. The minimum absolute atomic E-state index is 0.378. The zero-order chi connectivity index (χ0) is 12.8. The van der Waals surface area contributed by atoms with Gasteiger partial charge in [-0.25, -0.2) is 0 Å². The summed E-state index contributed by atoms with van der Waals surface area (Å²) in [6, 6.07) is 11.8. The first-order valence-corrected chi connectivity index (χ1v) is 6.62. The smallest absolute Gasteiger partial charge is 0.132 e. The number of hydrogen-bond acceptors (Lipinski definition) is 3. The Labute approximate surface area is 109 Å². The summed E-state index contributed by atoms with van der Waals surface area (Å²) in [5, 5.41) is 9.30. The fraction of sp³-hybridized carbons (Fsp3) is 0.533. The first kappa shape index (κ1) is 13.1. The number of nitrogens with zero attached hydrogens (tertiary/aromatic N) is 1. The Kier molecular flexibility index (Phi) is 4.35. The van der Waals surface area contributed by atoms with E-state index >= 15 is 0 Å². The van der Waals surface area contributed by atoms with Crippen molar-refractivity contribution in [3.8, 4) is 6.07 Å². The highest BCUT2D eigenvalue weighted by Crippen LogP contribution is 2.24. The van der Waals surface area contributed by atoms with Gasteiger partial charge < -0.3 is 10.5 Å². The molecule has 1 unspecified atom stereocenters. The van der Waals surface area contributed by atoms with Crippen molar-refractivity contribution in [1.82, 2.24) is 0 Å². The van der Waals surface area contributed by atoms with Gasteiger partial charge in [-0.05, 0) is 18.4 Å². The molecule has 1 aromatic carbocycles. The van der Waals surface area contributed by atoms with Crippen LogP contribution in [0.2, 0.25) is 0 Å². The third kappa shape index (κ3) is 3.10. The maximum atomic E-state index is 9.30. The van der Waals surface area contributed by atoms with E-state index in [-0.39, 0.29) is 0 Å². The summed E-state index contributed by atoms with van der Waals surface area (Å²) in [5.41, 5.74) is 6.10. The van der Waals surface area contributed by atoms with Gasteiger partial charge in [0.05, 0.1) is 18.8 Å². The van der Waals surface area contributed by atoms with Crippen molar-refractivity contribution in [2.45, 2.75) is 43.7 Å². The molecule has 2 N–H and O–H groups in total. The van der Waals surface area contributed by atoms with Gasteiger partial charge in [-0.15, -0.1) is 0 Å². The van der Waals surface area contributed by atoms with Crippen LogP contribution in [-0.2, 0) is 10.3 Å². The Morgan fingerprint density at radius 2 is 1.94 bits per heavy atom. The highest BCUT2D eigenvalue weighted by Gasteiger charge is 2.27. The molecular formula is C15H20N2O. The number of nitriles is 1. The normalized spacial score (nSPS) is 19.3. The molecule has 2 rings (SSSR count). The van der Waals surface area contributed by atoms with Crippen molar-refractivity contribution in [2.24, 2.45) is 5.73 Å². The molecule has 1 saturated carbocycles. The average Bonchev–Trinajstić information content (AvgIpc) is 2.93. The van der Waals surface area contributed by atoms with Gasteiger partial charge in [0.1, 0.15) is 5.54 Å². The largest absolute Gasteiger partial charge is 0.378 e. The van der Waals surface area contributed by atoms with Crippen LogP contribution in [0, 0.1) is 11.3 Å². The van der Waals surface area contributed by atoms with E-state index < -0.39 is 5.54 Å². The minimum Gasteiger partial charge on any atom is -0.378 e. The van der Waals surface area contributed by atoms with Crippen LogP contribution < -0.4 is 5.73 Å². The maximum Gasteiger partial charge on any atom is 0.132 e. The molecule has 18 heavy (non-hydrogen) atoms. The van der Waals surface area contributed by atoms with Crippen molar-refractivity contribution in [2.75, 3.05) is 6.61 Å². The quantitative estimate of drug-likeness (QED) is 0.866. The second-order valence-electron chi connectivity index (χ2n) is 4.98. The van der Waals surface area contributed by atoms with E-state index in [0.29, 0.717) is 19.1 Å². The molecule has 1 aromatic rings. The maximum absolute atomic E-state index is 9.30. The fourth-order valence-corrected chi connectivity index (χ4v) is 2.44. The van der Waals surface area contributed by atoms with Crippen molar-refractivity contribution in [1.29, 1.82) is 5.26 Å². The van der Waals surface area contributed by atoms with Crippen molar-refractivity contribution in [3.05, 3.63) is 35.9 Å². The lowest BCUT2D eigenvalue weighted by Crippen LogP contribution is -2.36. The number of benzene rings is 1. The number of hydrogen-bond donors (Lipinski definition) is 1. The second-order valence-corrected chi connectivity index (χ2v) is 4.98. The molecule has 1 fully saturated rings. The van der Waals surface area contributed by atoms with E-state index in [1.165, 1.54) is 12.8 Å². The molecule has 1 aliphatic rings. The van der Waals surface area contributed by atoms with Crippen molar-refractivity contribution >= 4 is 0 Å². The summed E-state index contributed by atoms with van der Waals surface area (Å²) in [4.78, 5) is 0. The van der Waals surface area contributed by atoms with E-state index in [4.69, 9.17) is 10.5 Å². The average molecular weight is 244 g/mol. The van der Waals surface area contributed by atoms with Crippen LogP contribution in [0.3, 0.4) is 0 Å². The molecule has 0 saturated heterocycles. The summed E-state index contributed by atoms with van der Waals surface area (Å²) in [6.07, 6.45) is 5.74. The Morgan fingerprint density at radius 1 is 1.28 bits per heavy atom. The number of ether oxygens (including phenoxy) is 1. The molecule has 0 aliphatic heterocycles. The van der Waals surface area contributed by atoms with Crippen LogP contribution in [0.5, 0.6) is 0 Å². The Morgan fingerprint density at radius 3 is 2.56 bits per heavy atom. The minimum atomic E-state index is -0.931. The van der Waals surface area contributed by atoms with Gasteiger partial charge in [0.15, 0.2) is 0 Å². The molecule has 0 amide bonds. The third-order valence-corrected chi connectivity index (χ3v) is 3.64. The third-order valence-electron chi connectivity index (χ3n) is 3.64. The molecule has 96 valence electrons. The highest BCUT2D eigenvalue weighted by molar-refractivity contribution is 5.30. The number of rotatable bonds is 5. The van der Waals surface area contributed by atoms with Crippen LogP contribution in [0.15, 0.2) is 30.3 Å². The lowest BCUT2D eigenvalue weighted by atomic mass is 9.89. The predicted molar refractivity (Wildman–Crippen MR) is 70.7 cm³/mol. The molecule has 0 bridgehead atoms. The van der Waals surface area contributed by atoms with Crippen LogP contribution in [0.4, 0.5) is 0 Å². The standard InChI is InChI=1S/C15H20N2O/c16-12-15(17,13-6-2-1-3-7-13)10-11-18-14-8-4-5-9-14/h1-3,6-7,14H,4-5,8-11,17H2. The van der Waals surface area contributed by atoms with E-state index in [9.17, 15) is 5.26 Å². The van der Waals surface area contributed by atoms with Gasteiger partial charge in [0, 0.05) is 6.42 Å². The second kappa shape index (κ2) is 5.99. The van der Waals surface area contributed by atoms with Gasteiger partial charge in [-0.1, -0.05) is 43.2 Å². The molecule has 0 spiro atoms. The fourth-order valence-electron chi connectivity index (χ4n) is 2.44. The number of nitrogens with two attached hydrogens (primary N) is 1. The molecule has 3 heteroatoms. The van der Waals surface area contributed by atoms with Gasteiger partial charge in [0.25, 0.3) is 0 Å². The van der Waals surface area contributed by atoms with Gasteiger partial charge in [-0.2, -0.15) is 5.26 Å². The Hall–Kier alpha value is -1.37. The SMILES string of the molecule is N#CC(N)(CCOC1CCCC1)c1ccccc1. The summed E-state index contributed by atoms with van der Waals surface area (Å²) in [5.74, 6) is 0. The Balaban J connectivity index is 1.90. The van der Waals surface area contributed by atoms with Crippen molar-refractivity contribution < 1.29 is 4.74 Å². The van der Waals surface area contributed by atoms with E-state index in [0.717, 1.165) is 18.4 Å². The van der Waals surface area contributed by atoms with E-state index in [1.807, 2.05) is 30.3 Å². The van der Waals surface area contributed by atoms with E-state index in [2.05, 4.69) is 6.07 Å². The molecule has 3 nitrogen and oxygen atoms in total. The van der Waals surface area contributed by atoms with Gasteiger partial charge in [0.2, 0.25) is 0 Å². The lowest BCUT2D eigenvalue weighted by molar-refractivity contribution is 0.0499. The lowest BCUT2D eigenvalue weighted by Gasteiger charge is -2.23. The molecule has 0 aromatic heterocycles. The summed E-state index contributed by atoms with van der Waals surface area (Å²) >= 11 is 0. The van der Waals surface area contributed by atoms with Crippen molar-refractivity contribution in [3.63, 3.8) is 0 Å². The molecule has 1 aliphatic carbocycles. The monoisotopic (exact) mass is 244 g/mol. The van der Waals surface area contributed by atoms with Crippen LogP contribution in [-0.4, -0.2) is 12.7 Å². The predicted octanol–water partition coefficient (Wildman–Crippen LogP) is 2.71. The topological polar surface area (TPSA) is 59.0 Å². The zero-order valence-corrected chi connectivity index (χ0v) is 10.6. The van der Waals surface area contributed by atoms with Crippen LogP contribution in [0.25, 0.3) is 0 Å². The zero-order valence-electron chi connectivity index (χ0n) is 10.6. The molecule has 0 heterocycles. The first-order chi connectivity index (χ1) is 8.74. The molecule has 1 atom stereocenters. The van der Waals surface area contributed by atoms with Crippen LogP contribution >= 0.6 is 0 Å². The van der Waals surface area contributed by atoms with Gasteiger partial charge in [-0.3, -0.25) is 0 Å². The van der Waals surface area contributed by atoms with E-state index in [1.54, 1.807) is 0 Å². The van der Waals surface area contributed by atoms with Gasteiger partial charge >= 0.3 is 0 Å². The Bertz CT molecular complexity index is 406. The molecule has 0 radical (unpaired) electrons. The van der Waals surface area contributed by atoms with Crippen LogP contribution in [0.1, 0.15) is 37.7 Å². The highest BCUT2D eigenvalue weighted by atomic mass is 16.5. The first-order valence-electron chi connectivity index (χ1n) is 6.62. The summed E-state index contributed by atoms with van der Waals surface area (Å²) in [7, 11) is 0.